The van der Waals surface area contributed by atoms with Crippen LogP contribution in [-0.2, 0) is 17.1 Å². The predicted octanol–water partition coefficient (Wildman–Crippen LogP) is 4.89. The lowest BCUT2D eigenvalue weighted by atomic mass is 10.1. The minimum absolute atomic E-state index is 0.173. The maximum Gasteiger partial charge on any atom is 0.419 e. The molecule has 2 aromatic rings. The van der Waals surface area contributed by atoms with Crippen molar-refractivity contribution in [2.45, 2.75) is 31.6 Å². The lowest BCUT2D eigenvalue weighted by Crippen LogP contribution is -2.44. The summed E-state index contributed by atoms with van der Waals surface area (Å²) in [5, 5.41) is 1.89. The predicted molar refractivity (Wildman–Crippen MR) is 131 cm³/mol. The number of rotatable bonds is 4. The van der Waals surface area contributed by atoms with Crippen LogP contribution in [0.1, 0.15) is 30.4 Å². The highest BCUT2D eigenvalue weighted by molar-refractivity contribution is 6.00. The van der Waals surface area contributed by atoms with Crippen molar-refractivity contribution in [2.75, 3.05) is 44.3 Å². The molecule has 0 atom stereocenters. The Balaban J connectivity index is 1.63. The molecule has 4 rings (SSSR count). The van der Waals surface area contributed by atoms with Gasteiger partial charge in [-0.1, -0.05) is 0 Å². The van der Waals surface area contributed by atoms with Crippen LogP contribution < -0.4 is 16.1 Å². The summed E-state index contributed by atoms with van der Waals surface area (Å²) in [6.45, 7) is 2.63. The maximum absolute atomic E-state index is 13.6. The summed E-state index contributed by atoms with van der Waals surface area (Å²) in [7, 11) is 0. The number of ether oxygens (including phenoxy) is 1. The first-order valence-electron chi connectivity index (χ1n) is 12.1. The molecule has 0 unspecified atom stereocenters. The molecule has 0 saturated carbocycles. The van der Waals surface area contributed by atoms with Gasteiger partial charge in [-0.3, -0.25) is 0 Å². The summed E-state index contributed by atoms with van der Waals surface area (Å²) < 4.78 is 85.4. The highest BCUT2D eigenvalue weighted by Gasteiger charge is 2.36. The number of nitrogens with one attached hydrogen (secondary N) is 1. The van der Waals surface area contributed by atoms with E-state index in [9.17, 15) is 26.3 Å². The highest BCUT2D eigenvalue weighted by atomic mass is 19.4. The van der Waals surface area contributed by atoms with Crippen LogP contribution in [-0.4, -0.2) is 55.2 Å². The van der Waals surface area contributed by atoms with Gasteiger partial charge in [-0.2, -0.15) is 26.3 Å². The summed E-state index contributed by atoms with van der Waals surface area (Å²) in [5.41, 5.74) is 9.31. The van der Waals surface area contributed by atoms with Crippen LogP contribution in [0, 0.1) is 0 Å². The Morgan fingerprint density at radius 1 is 0.921 bits per heavy atom. The number of aliphatic imine (C=N–C) groups is 1. The van der Waals surface area contributed by atoms with Crippen molar-refractivity contribution in [3.63, 3.8) is 0 Å². The molecule has 2 aliphatic rings. The van der Waals surface area contributed by atoms with Gasteiger partial charge in [0.15, 0.2) is 0 Å². The van der Waals surface area contributed by atoms with Crippen molar-refractivity contribution < 1.29 is 31.1 Å². The van der Waals surface area contributed by atoms with E-state index in [2.05, 4.69) is 15.4 Å². The lowest BCUT2D eigenvalue weighted by Gasteiger charge is -2.26. The smallest absolute Gasteiger partial charge is 0.402 e. The Bertz CT molecular complexity index is 1150. The first-order valence-corrected chi connectivity index (χ1v) is 12.1. The molecule has 0 spiro atoms. The molecule has 3 N–H and O–H groups in total. The molecule has 3 heterocycles. The van der Waals surface area contributed by atoms with E-state index in [-0.39, 0.29) is 37.4 Å². The van der Waals surface area contributed by atoms with E-state index in [0.717, 1.165) is 24.6 Å². The van der Waals surface area contributed by atoms with Gasteiger partial charge in [0, 0.05) is 56.7 Å². The Kier molecular flexibility index (Phi) is 8.46. The van der Waals surface area contributed by atoms with Gasteiger partial charge < -0.3 is 20.8 Å². The minimum atomic E-state index is -4.57. The van der Waals surface area contributed by atoms with Crippen LogP contribution in [0.5, 0.6) is 0 Å². The van der Waals surface area contributed by atoms with Crippen molar-refractivity contribution in [2.24, 2.45) is 10.7 Å². The highest BCUT2D eigenvalue weighted by Crippen LogP contribution is 2.36. The molecular formula is C25H28F6N6O. The summed E-state index contributed by atoms with van der Waals surface area (Å²) in [4.78, 5) is 10.1. The number of alkyl halides is 6. The average Bonchev–Trinajstić information content (AvgIpc) is 3.24. The molecule has 0 aliphatic carbocycles. The summed E-state index contributed by atoms with van der Waals surface area (Å²) in [5.74, 6) is 0.163. The molecule has 0 radical (unpaired) electrons. The van der Waals surface area contributed by atoms with Crippen molar-refractivity contribution in [3.05, 3.63) is 65.0 Å². The Morgan fingerprint density at radius 3 is 2.37 bits per heavy atom. The fraction of sp³-hybridized carbons (Fsp3) is 0.440. The van der Waals surface area contributed by atoms with E-state index in [4.69, 9.17) is 10.5 Å². The number of aromatic nitrogens is 1. The van der Waals surface area contributed by atoms with Gasteiger partial charge in [-0.15, -0.1) is 0 Å². The first kappa shape index (κ1) is 27.7. The van der Waals surface area contributed by atoms with E-state index in [1.165, 1.54) is 29.3 Å². The standard InChI is InChI=1S/C25H28F6N6O/c26-24(27,28)17-4-6-18(7-5-17)34-22(35-37-11-2-15-38-16-14-37)19-8-12-36(13-9-21(19)32)23-20(25(29,30)31)3-1-10-33-23/h1,3-7,10H,2,8-9,11-16,32H2,(H,34,35). The number of nitrogens with two attached hydrogens (primary N) is 1. The molecule has 0 bridgehead atoms. The fourth-order valence-electron chi connectivity index (χ4n) is 4.30. The number of pyridine rings is 1. The topological polar surface area (TPSA) is 79.0 Å². The molecular weight excluding hydrogens is 514 g/mol. The van der Waals surface area contributed by atoms with Crippen molar-refractivity contribution in [1.29, 1.82) is 0 Å². The number of nitrogens with zero attached hydrogens (tertiary/aromatic N) is 4. The molecule has 13 heteroatoms. The first-order chi connectivity index (χ1) is 18.0. The SMILES string of the molecule is NC1=C(C(=Nc2ccc(C(F)(F)F)cc2)NN2CCCOCC2)CCN(c2ncccc2C(F)(F)F)CC1. The number of hydrogen-bond donors (Lipinski definition) is 2. The molecule has 1 aromatic heterocycles. The summed E-state index contributed by atoms with van der Waals surface area (Å²) >= 11 is 0. The second kappa shape index (κ2) is 11.6. The van der Waals surface area contributed by atoms with E-state index in [1.54, 1.807) is 0 Å². The van der Waals surface area contributed by atoms with Crippen molar-refractivity contribution in [3.8, 4) is 0 Å². The van der Waals surface area contributed by atoms with Crippen molar-refractivity contribution >= 4 is 17.3 Å². The number of hydrogen-bond acceptors (Lipinski definition) is 6. The van der Waals surface area contributed by atoms with Crippen LogP contribution >= 0.6 is 0 Å². The van der Waals surface area contributed by atoms with Gasteiger partial charge in [0.1, 0.15) is 11.7 Å². The molecule has 206 valence electrons. The quantitative estimate of drug-likeness (QED) is 0.326. The normalized spacial score (nSPS) is 18.8. The molecule has 7 nitrogen and oxygen atoms in total. The zero-order chi connectivity index (χ0) is 27.3. The molecule has 1 saturated heterocycles. The fourth-order valence-corrected chi connectivity index (χ4v) is 4.30. The van der Waals surface area contributed by atoms with E-state index in [0.29, 0.717) is 43.4 Å². The second-order valence-electron chi connectivity index (χ2n) is 8.93. The largest absolute Gasteiger partial charge is 0.419 e. The average molecular weight is 543 g/mol. The van der Waals surface area contributed by atoms with Crippen molar-refractivity contribution in [1.82, 2.24) is 15.4 Å². The number of hydrazine groups is 1. The van der Waals surface area contributed by atoms with Gasteiger partial charge in [-0.25, -0.2) is 15.0 Å². The van der Waals surface area contributed by atoms with E-state index < -0.39 is 23.5 Å². The van der Waals surface area contributed by atoms with Crippen LogP contribution in [0.25, 0.3) is 0 Å². The molecule has 1 fully saturated rings. The van der Waals surface area contributed by atoms with Gasteiger partial charge in [0.25, 0.3) is 0 Å². The van der Waals surface area contributed by atoms with Gasteiger partial charge >= 0.3 is 12.4 Å². The van der Waals surface area contributed by atoms with E-state index >= 15 is 0 Å². The van der Waals surface area contributed by atoms with Crippen LogP contribution in [0.15, 0.2) is 58.9 Å². The number of anilines is 1. The number of amidine groups is 1. The van der Waals surface area contributed by atoms with Crippen LogP contribution in [0.2, 0.25) is 0 Å². The van der Waals surface area contributed by atoms with Crippen LogP contribution in [0.3, 0.4) is 0 Å². The Labute approximate surface area is 215 Å². The second-order valence-corrected chi connectivity index (χ2v) is 8.93. The van der Waals surface area contributed by atoms with Gasteiger partial charge in [-0.05, 0) is 49.2 Å². The zero-order valence-corrected chi connectivity index (χ0v) is 20.4. The maximum atomic E-state index is 13.6. The van der Waals surface area contributed by atoms with Gasteiger partial charge in [0.2, 0.25) is 0 Å². The molecule has 0 amide bonds. The van der Waals surface area contributed by atoms with Gasteiger partial charge in [0.05, 0.1) is 23.4 Å². The summed E-state index contributed by atoms with van der Waals surface area (Å²) in [6.07, 6.45) is -6.48. The number of halogens is 6. The third-order valence-electron chi connectivity index (χ3n) is 6.27. The molecule has 38 heavy (non-hydrogen) atoms. The molecule has 2 aliphatic heterocycles. The Hall–Kier alpha value is -3.32. The summed E-state index contributed by atoms with van der Waals surface area (Å²) in [6, 6.07) is 6.65. The third-order valence-corrected chi connectivity index (χ3v) is 6.27. The molecule has 1 aromatic carbocycles. The monoisotopic (exact) mass is 542 g/mol. The third kappa shape index (κ3) is 6.95. The minimum Gasteiger partial charge on any atom is -0.402 e. The zero-order valence-electron chi connectivity index (χ0n) is 20.4. The number of benzene rings is 1. The van der Waals surface area contributed by atoms with E-state index in [1.807, 2.05) is 5.01 Å². The lowest BCUT2D eigenvalue weighted by molar-refractivity contribution is -0.138. The van der Waals surface area contributed by atoms with Crippen LogP contribution in [0.4, 0.5) is 37.8 Å². The Morgan fingerprint density at radius 2 is 1.66 bits per heavy atom.